The monoisotopic (exact) mass is 326 g/mol. The lowest BCUT2D eigenvalue weighted by atomic mass is 10.1. The number of hydrogen-bond donors (Lipinski definition) is 3. The van der Waals surface area contributed by atoms with Crippen LogP contribution in [0.25, 0.3) is 0 Å². The van der Waals surface area contributed by atoms with Crippen LogP contribution in [0.15, 0.2) is 30.3 Å². The number of hydrogen-bond acceptors (Lipinski definition) is 5. The molecule has 0 aromatic heterocycles. The molecule has 5 nitrogen and oxygen atoms in total. The van der Waals surface area contributed by atoms with Gasteiger partial charge in [-0.2, -0.15) is 11.8 Å². The van der Waals surface area contributed by atoms with Crippen molar-refractivity contribution < 1.29 is 14.7 Å². The van der Waals surface area contributed by atoms with E-state index in [0.29, 0.717) is 24.7 Å². The molecule has 0 bridgehead atoms. The fraction of sp³-hybridized carbons (Fsp3) is 0.562. The Morgan fingerprint density at radius 1 is 1.36 bits per heavy atom. The molecule has 22 heavy (non-hydrogen) atoms. The van der Waals surface area contributed by atoms with Crippen LogP contribution in [0.5, 0.6) is 0 Å². The van der Waals surface area contributed by atoms with E-state index in [-0.39, 0.29) is 0 Å². The van der Waals surface area contributed by atoms with Crippen LogP contribution in [0.3, 0.4) is 0 Å². The van der Waals surface area contributed by atoms with Crippen molar-refractivity contribution >= 4 is 17.7 Å². The summed E-state index contributed by atoms with van der Waals surface area (Å²) < 4.78 is 0. The van der Waals surface area contributed by atoms with Crippen molar-refractivity contribution in [3.8, 4) is 0 Å². The maximum atomic E-state index is 11.7. The molecule has 124 valence electrons. The van der Waals surface area contributed by atoms with E-state index in [1.807, 2.05) is 30.3 Å². The zero-order chi connectivity index (χ0) is 16.4. The largest absolute Gasteiger partial charge is 0.382 e. The van der Waals surface area contributed by atoms with Gasteiger partial charge < -0.3 is 10.8 Å². The van der Waals surface area contributed by atoms with Crippen LogP contribution < -0.4 is 11.2 Å². The van der Waals surface area contributed by atoms with Crippen LogP contribution in [-0.4, -0.2) is 40.8 Å². The van der Waals surface area contributed by atoms with Gasteiger partial charge in [0.15, 0.2) is 0 Å². The summed E-state index contributed by atoms with van der Waals surface area (Å²) in [6.45, 7) is 4.54. The van der Waals surface area contributed by atoms with Crippen molar-refractivity contribution in [2.24, 2.45) is 5.73 Å². The van der Waals surface area contributed by atoms with Gasteiger partial charge in [0.2, 0.25) is 0 Å². The fourth-order valence-electron chi connectivity index (χ4n) is 1.79. The average Bonchev–Trinajstić information content (AvgIpc) is 2.51. The molecule has 0 aliphatic carbocycles. The summed E-state index contributed by atoms with van der Waals surface area (Å²) in [4.78, 5) is 16.8. The third-order valence-corrected chi connectivity index (χ3v) is 4.22. The number of aliphatic hydroxyl groups is 1. The Labute approximate surface area is 136 Å². The van der Waals surface area contributed by atoms with E-state index < -0.39 is 18.1 Å². The highest BCUT2D eigenvalue weighted by Crippen LogP contribution is 2.12. The maximum Gasteiger partial charge on any atom is 0.273 e. The van der Waals surface area contributed by atoms with Gasteiger partial charge in [0.05, 0.1) is 6.61 Å². The van der Waals surface area contributed by atoms with E-state index in [2.05, 4.69) is 19.3 Å². The van der Waals surface area contributed by atoms with E-state index in [0.717, 1.165) is 11.3 Å². The first-order valence-corrected chi connectivity index (χ1v) is 8.56. The van der Waals surface area contributed by atoms with Gasteiger partial charge in [-0.05, 0) is 29.4 Å². The quantitative estimate of drug-likeness (QED) is 0.448. The van der Waals surface area contributed by atoms with Crippen molar-refractivity contribution in [3.63, 3.8) is 0 Å². The maximum absolute atomic E-state index is 11.7. The minimum atomic E-state index is -1.25. The van der Waals surface area contributed by atoms with Crippen LogP contribution in [0.2, 0.25) is 0 Å². The first-order valence-electron chi connectivity index (χ1n) is 7.51. The number of thioether (sulfide) groups is 1. The van der Waals surface area contributed by atoms with Gasteiger partial charge >= 0.3 is 0 Å². The molecule has 0 radical (unpaired) electrons. The van der Waals surface area contributed by atoms with Crippen LogP contribution >= 0.6 is 11.8 Å². The van der Waals surface area contributed by atoms with Crippen molar-refractivity contribution in [1.82, 2.24) is 5.48 Å². The van der Waals surface area contributed by atoms with E-state index >= 15 is 0 Å². The molecule has 6 heteroatoms. The van der Waals surface area contributed by atoms with Crippen LogP contribution in [0.4, 0.5) is 0 Å². The molecule has 0 saturated carbocycles. The number of nitrogens with one attached hydrogen (secondary N) is 1. The second-order valence-electron chi connectivity index (χ2n) is 5.37. The summed E-state index contributed by atoms with van der Waals surface area (Å²) >= 11 is 1.75. The van der Waals surface area contributed by atoms with Crippen molar-refractivity contribution in [2.45, 2.75) is 44.1 Å². The van der Waals surface area contributed by atoms with Crippen molar-refractivity contribution in [1.29, 1.82) is 0 Å². The molecule has 0 aliphatic heterocycles. The third kappa shape index (κ3) is 7.79. The molecule has 2 unspecified atom stereocenters. The molecule has 0 aliphatic rings. The molecule has 1 aromatic rings. The third-order valence-electron chi connectivity index (χ3n) is 3.08. The Morgan fingerprint density at radius 3 is 2.68 bits per heavy atom. The number of aliphatic hydroxyl groups excluding tert-OH is 1. The van der Waals surface area contributed by atoms with Gasteiger partial charge in [0, 0.05) is 6.04 Å². The SMILES string of the molecule is CC(C)SCCC(N)C(O)C(=O)NOCCc1ccccc1. The van der Waals surface area contributed by atoms with Crippen LogP contribution in [-0.2, 0) is 16.1 Å². The van der Waals surface area contributed by atoms with Crippen molar-refractivity contribution in [3.05, 3.63) is 35.9 Å². The number of rotatable bonds is 10. The lowest BCUT2D eigenvalue weighted by Gasteiger charge is -2.18. The van der Waals surface area contributed by atoms with E-state index in [9.17, 15) is 9.90 Å². The molecular formula is C16H26N2O3S. The fourth-order valence-corrected chi connectivity index (χ4v) is 2.67. The molecular weight excluding hydrogens is 300 g/mol. The number of nitrogens with two attached hydrogens (primary N) is 1. The molecule has 1 aromatic carbocycles. The second kappa shape index (κ2) is 10.6. The number of carbonyl (C=O) groups is 1. The van der Waals surface area contributed by atoms with Gasteiger partial charge in [-0.25, -0.2) is 5.48 Å². The van der Waals surface area contributed by atoms with Gasteiger partial charge in [-0.15, -0.1) is 0 Å². The Kier molecular flexibility index (Phi) is 9.15. The zero-order valence-corrected chi connectivity index (χ0v) is 14.0. The molecule has 2 atom stereocenters. The highest BCUT2D eigenvalue weighted by Gasteiger charge is 2.22. The average molecular weight is 326 g/mol. The second-order valence-corrected chi connectivity index (χ2v) is 7.05. The molecule has 0 heterocycles. The Bertz CT molecular complexity index is 429. The number of amides is 1. The Balaban J connectivity index is 2.17. The summed E-state index contributed by atoms with van der Waals surface area (Å²) in [6, 6.07) is 9.24. The topological polar surface area (TPSA) is 84.6 Å². The Hall–Kier alpha value is -1.08. The van der Waals surface area contributed by atoms with Gasteiger partial charge in [-0.1, -0.05) is 44.2 Å². The highest BCUT2D eigenvalue weighted by molar-refractivity contribution is 7.99. The standard InChI is InChI=1S/C16H26N2O3S/c1-12(2)22-11-9-14(17)15(19)16(20)18-21-10-8-13-6-4-3-5-7-13/h3-7,12,14-15,19H,8-11,17H2,1-2H3,(H,18,20). The molecule has 0 fully saturated rings. The summed E-state index contributed by atoms with van der Waals surface area (Å²) in [5, 5.41) is 10.4. The van der Waals surface area contributed by atoms with E-state index in [1.165, 1.54) is 0 Å². The molecule has 0 saturated heterocycles. The van der Waals surface area contributed by atoms with Gasteiger partial charge in [0.1, 0.15) is 6.10 Å². The summed E-state index contributed by atoms with van der Waals surface area (Å²) in [5.41, 5.74) is 9.20. The lowest BCUT2D eigenvalue weighted by Crippen LogP contribution is -2.46. The number of carbonyl (C=O) groups excluding carboxylic acids is 1. The molecule has 4 N–H and O–H groups in total. The number of benzene rings is 1. The van der Waals surface area contributed by atoms with E-state index in [1.54, 1.807) is 11.8 Å². The highest BCUT2D eigenvalue weighted by atomic mass is 32.2. The normalized spacial score (nSPS) is 13.9. The lowest BCUT2D eigenvalue weighted by molar-refractivity contribution is -0.143. The zero-order valence-electron chi connectivity index (χ0n) is 13.2. The number of hydroxylamine groups is 1. The van der Waals surface area contributed by atoms with Gasteiger partial charge in [-0.3, -0.25) is 9.63 Å². The minimum Gasteiger partial charge on any atom is -0.382 e. The summed E-state index contributed by atoms with van der Waals surface area (Å²) in [5.74, 6) is 0.230. The summed E-state index contributed by atoms with van der Waals surface area (Å²) in [7, 11) is 0. The predicted molar refractivity (Wildman–Crippen MR) is 90.4 cm³/mol. The first kappa shape index (κ1) is 19.0. The smallest absolute Gasteiger partial charge is 0.273 e. The molecule has 1 amide bonds. The molecule has 0 spiro atoms. The van der Waals surface area contributed by atoms with Gasteiger partial charge in [0.25, 0.3) is 5.91 Å². The predicted octanol–water partition coefficient (Wildman–Crippen LogP) is 1.50. The van der Waals surface area contributed by atoms with Crippen LogP contribution in [0, 0.1) is 0 Å². The van der Waals surface area contributed by atoms with E-state index in [4.69, 9.17) is 10.6 Å². The first-order chi connectivity index (χ1) is 10.5. The molecule has 1 rings (SSSR count). The Morgan fingerprint density at radius 2 is 2.05 bits per heavy atom. The van der Waals surface area contributed by atoms with Crippen LogP contribution in [0.1, 0.15) is 25.8 Å². The minimum absolute atomic E-state index is 0.348. The summed E-state index contributed by atoms with van der Waals surface area (Å²) in [6.07, 6.45) is 0.0277. The van der Waals surface area contributed by atoms with Crippen molar-refractivity contribution in [2.75, 3.05) is 12.4 Å².